The number of aryl methyl sites for hydroxylation is 1. The molecule has 1 heterocycles. The molecule has 1 aromatic heterocycles. The monoisotopic (exact) mass is 283 g/mol. The van der Waals surface area contributed by atoms with E-state index in [-0.39, 0.29) is 5.91 Å². The number of nitrogens with zero attached hydrogens (tertiary/aromatic N) is 2. The van der Waals surface area contributed by atoms with Gasteiger partial charge in [0.05, 0.1) is 12.2 Å². The van der Waals surface area contributed by atoms with Crippen LogP contribution in [0.3, 0.4) is 0 Å². The maximum absolute atomic E-state index is 12.3. The van der Waals surface area contributed by atoms with Crippen molar-refractivity contribution in [2.75, 3.05) is 12.3 Å². The van der Waals surface area contributed by atoms with Crippen LogP contribution in [0.1, 0.15) is 24.6 Å². The van der Waals surface area contributed by atoms with Crippen molar-refractivity contribution < 1.29 is 4.79 Å². The molecule has 1 aromatic carbocycles. The number of amides is 1. The minimum absolute atomic E-state index is 0.153. The molecule has 2 N–H and O–H groups in total. The second-order valence-corrected chi connectivity index (χ2v) is 4.97. The van der Waals surface area contributed by atoms with E-state index in [0.717, 1.165) is 23.4 Å². The lowest BCUT2D eigenvalue weighted by Crippen LogP contribution is -2.30. The molecule has 1 amide bonds. The first-order chi connectivity index (χ1) is 10.2. The smallest absolute Gasteiger partial charge is 0.223 e. The van der Waals surface area contributed by atoms with E-state index in [9.17, 15) is 4.79 Å². The van der Waals surface area contributed by atoms with E-state index in [1.807, 2.05) is 54.3 Å². The van der Waals surface area contributed by atoms with Crippen molar-refractivity contribution in [2.24, 2.45) is 0 Å². The Morgan fingerprint density at radius 3 is 2.57 bits per heavy atom. The fourth-order valence-corrected chi connectivity index (χ4v) is 2.16. The normalized spacial score (nSPS) is 10.3. The van der Waals surface area contributed by atoms with E-state index in [1.54, 1.807) is 6.20 Å². The van der Waals surface area contributed by atoms with E-state index in [1.165, 1.54) is 0 Å². The Labute approximate surface area is 125 Å². The third kappa shape index (κ3) is 4.60. The summed E-state index contributed by atoms with van der Waals surface area (Å²) in [6, 6.07) is 13.4. The highest BCUT2D eigenvalue weighted by atomic mass is 16.2. The fraction of sp³-hybridized carbons (Fsp3) is 0.294. The summed E-state index contributed by atoms with van der Waals surface area (Å²) < 4.78 is 0. The number of rotatable bonds is 6. The molecule has 4 nitrogen and oxygen atoms in total. The molecule has 0 atom stereocenters. The molecule has 21 heavy (non-hydrogen) atoms. The molecular weight excluding hydrogens is 262 g/mol. The van der Waals surface area contributed by atoms with Crippen molar-refractivity contribution in [3.63, 3.8) is 0 Å². The number of carbonyl (C=O) groups is 1. The summed E-state index contributed by atoms with van der Waals surface area (Å²) >= 11 is 0. The maximum Gasteiger partial charge on any atom is 0.223 e. The maximum atomic E-state index is 12.3. The van der Waals surface area contributed by atoms with Crippen molar-refractivity contribution in [1.82, 2.24) is 9.88 Å². The number of hydrogen-bond donors (Lipinski definition) is 1. The highest BCUT2D eigenvalue weighted by molar-refractivity contribution is 5.76. The molecule has 0 bridgehead atoms. The van der Waals surface area contributed by atoms with Crippen molar-refractivity contribution in [3.8, 4) is 0 Å². The molecule has 0 aliphatic rings. The standard InChI is InChI=1S/C17H21N3O/c1-2-20(13-16-5-3-4-12-19-16)17(21)11-8-14-6-9-15(18)10-7-14/h3-7,9-10,12H,2,8,11,13,18H2,1H3. The van der Waals surface area contributed by atoms with Crippen LogP contribution in [0.15, 0.2) is 48.7 Å². The topological polar surface area (TPSA) is 59.2 Å². The van der Waals surface area contributed by atoms with Gasteiger partial charge in [-0.15, -0.1) is 0 Å². The van der Waals surface area contributed by atoms with E-state index < -0.39 is 0 Å². The Morgan fingerprint density at radius 1 is 1.19 bits per heavy atom. The van der Waals surface area contributed by atoms with Gasteiger partial charge in [-0.2, -0.15) is 0 Å². The molecule has 0 fully saturated rings. The summed E-state index contributed by atoms with van der Waals surface area (Å²) in [5.74, 6) is 0.153. The summed E-state index contributed by atoms with van der Waals surface area (Å²) in [5, 5.41) is 0. The number of carbonyl (C=O) groups excluding carboxylic acids is 1. The first kappa shape index (κ1) is 15.0. The highest BCUT2D eigenvalue weighted by Crippen LogP contribution is 2.10. The molecule has 0 spiro atoms. The molecule has 2 aromatic rings. The minimum atomic E-state index is 0.153. The Kier molecular flexibility index (Phi) is 5.32. The van der Waals surface area contributed by atoms with Crippen LogP contribution in [0.4, 0.5) is 5.69 Å². The fourth-order valence-electron chi connectivity index (χ4n) is 2.16. The highest BCUT2D eigenvalue weighted by Gasteiger charge is 2.12. The van der Waals surface area contributed by atoms with Crippen LogP contribution in [0.25, 0.3) is 0 Å². The predicted octanol–water partition coefficient (Wildman–Crippen LogP) is 2.65. The molecule has 110 valence electrons. The van der Waals surface area contributed by atoms with Crippen molar-refractivity contribution >= 4 is 11.6 Å². The summed E-state index contributed by atoms with van der Waals surface area (Å²) in [7, 11) is 0. The number of hydrogen-bond acceptors (Lipinski definition) is 3. The van der Waals surface area contributed by atoms with Crippen LogP contribution >= 0.6 is 0 Å². The van der Waals surface area contributed by atoms with E-state index in [4.69, 9.17) is 5.73 Å². The van der Waals surface area contributed by atoms with Gasteiger partial charge in [-0.05, 0) is 43.2 Å². The lowest BCUT2D eigenvalue weighted by atomic mass is 10.1. The van der Waals surface area contributed by atoms with Crippen LogP contribution in [-0.2, 0) is 17.8 Å². The Balaban J connectivity index is 1.89. The zero-order valence-corrected chi connectivity index (χ0v) is 12.3. The van der Waals surface area contributed by atoms with Crippen LogP contribution in [0, 0.1) is 0 Å². The molecule has 0 saturated heterocycles. The number of nitrogen functional groups attached to an aromatic ring is 1. The van der Waals surface area contributed by atoms with Gasteiger partial charge in [0.2, 0.25) is 5.91 Å². The first-order valence-corrected chi connectivity index (χ1v) is 7.21. The quantitative estimate of drug-likeness (QED) is 0.829. The van der Waals surface area contributed by atoms with Gasteiger partial charge in [-0.3, -0.25) is 9.78 Å². The number of aromatic nitrogens is 1. The molecule has 0 aliphatic heterocycles. The molecule has 4 heteroatoms. The van der Waals surface area contributed by atoms with E-state index in [2.05, 4.69) is 4.98 Å². The SMILES string of the molecule is CCN(Cc1ccccn1)C(=O)CCc1ccc(N)cc1. The average molecular weight is 283 g/mol. The first-order valence-electron chi connectivity index (χ1n) is 7.21. The molecule has 2 rings (SSSR count). The summed E-state index contributed by atoms with van der Waals surface area (Å²) in [6.07, 6.45) is 2.99. The second kappa shape index (κ2) is 7.43. The van der Waals surface area contributed by atoms with Crippen LogP contribution in [-0.4, -0.2) is 22.3 Å². The van der Waals surface area contributed by atoms with Crippen molar-refractivity contribution in [2.45, 2.75) is 26.3 Å². The summed E-state index contributed by atoms with van der Waals surface area (Å²) in [6.45, 7) is 3.25. The summed E-state index contributed by atoms with van der Waals surface area (Å²) in [5.41, 5.74) is 8.45. The Bertz CT molecular complexity index is 566. The zero-order valence-electron chi connectivity index (χ0n) is 12.3. The average Bonchev–Trinajstić information content (AvgIpc) is 2.52. The zero-order chi connectivity index (χ0) is 15.1. The number of anilines is 1. The van der Waals surface area contributed by atoms with Gasteiger partial charge in [0, 0.05) is 24.8 Å². The number of benzene rings is 1. The molecule has 0 radical (unpaired) electrons. The van der Waals surface area contributed by atoms with E-state index in [0.29, 0.717) is 19.5 Å². The third-order valence-corrected chi connectivity index (χ3v) is 3.42. The number of nitrogens with two attached hydrogens (primary N) is 1. The second-order valence-electron chi connectivity index (χ2n) is 4.97. The minimum Gasteiger partial charge on any atom is -0.399 e. The Morgan fingerprint density at radius 2 is 1.95 bits per heavy atom. The van der Waals surface area contributed by atoms with Gasteiger partial charge < -0.3 is 10.6 Å². The molecule has 0 saturated carbocycles. The van der Waals surface area contributed by atoms with Crippen molar-refractivity contribution in [1.29, 1.82) is 0 Å². The summed E-state index contributed by atoms with van der Waals surface area (Å²) in [4.78, 5) is 18.4. The van der Waals surface area contributed by atoms with Crippen molar-refractivity contribution in [3.05, 3.63) is 59.9 Å². The van der Waals surface area contributed by atoms with Crippen LogP contribution in [0.5, 0.6) is 0 Å². The van der Waals surface area contributed by atoms with Gasteiger partial charge >= 0.3 is 0 Å². The van der Waals surface area contributed by atoms with Gasteiger partial charge in [0.1, 0.15) is 0 Å². The van der Waals surface area contributed by atoms with Gasteiger partial charge in [-0.25, -0.2) is 0 Å². The number of pyridine rings is 1. The molecule has 0 aliphatic carbocycles. The lowest BCUT2D eigenvalue weighted by molar-refractivity contribution is -0.131. The molecule has 0 unspecified atom stereocenters. The predicted molar refractivity (Wildman–Crippen MR) is 84.5 cm³/mol. The van der Waals surface area contributed by atoms with Gasteiger partial charge in [0.15, 0.2) is 0 Å². The Hall–Kier alpha value is -2.36. The van der Waals surface area contributed by atoms with Gasteiger partial charge in [0.25, 0.3) is 0 Å². The van der Waals surface area contributed by atoms with Gasteiger partial charge in [-0.1, -0.05) is 18.2 Å². The molecular formula is C17H21N3O. The van der Waals surface area contributed by atoms with Crippen LogP contribution in [0.2, 0.25) is 0 Å². The third-order valence-electron chi connectivity index (χ3n) is 3.42. The van der Waals surface area contributed by atoms with Crippen LogP contribution < -0.4 is 5.73 Å². The lowest BCUT2D eigenvalue weighted by Gasteiger charge is -2.20. The largest absolute Gasteiger partial charge is 0.399 e. The van der Waals surface area contributed by atoms with E-state index >= 15 is 0 Å².